The van der Waals surface area contributed by atoms with Crippen molar-refractivity contribution in [2.75, 3.05) is 0 Å². The molecular weight excluding hydrogens is 166 g/mol. The molecule has 0 aliphatic rings. The topological polar surface area (TPSA) is 50.9 Å². The lowest BCUT2D eigenvalue weighted by atomic mass is 10.1. The normalized spacial score (nSPS) is 13.2. The quantitative estimate of drug-likeness (QED) is 0.746. The number of aromatic nitrogens is 3. The molecule has 0 radical (unpaired) electrons. The minimum absolute atomic E-state index is 0.0256. The highest BCUT2D eigenvalue weighted by molar-refractivity contribution is 4.88. The van der Waals surface area contributed by atoms with Gasteiger partial charge in [0.15, 0.2) is 0 Å². The largest absolute Gasteiger partial charge is 0.390 e. The second kappa shape index (κ2) is 4.97. The van der Waals surface area contributed by atoms with Crippen LogP contribution in [0.5, 0.6) is 0 Å². The Bertz CT molecular complexity index is 247. The minimum Gasteiger partial charge on any atom is -0.390 e. The Morgan fingerprint density at radius 1 is 1.62 bits per heavy atom. The first-order valence-corrected chi connectivity index (χ1v) is 4.76. The summed E-state index contributed by atoms with van der Waals surface area (Å²) >= 11 is 0. The summed E-state index contributed by atoms with van der Waals surface area (Å²) in [5, 5.41) is 16.5. The van der Waals surface area contributed by atoms with Crippen LogP contribution in [0.3, 0.4) is 0 Å². The molecule has 0 saturated heterocycles. The molecule has 0 fully saturated rings. The molecule has 1 unspecified atom stereocenters. The molecule has 0 spiro atoms. The van der Waals surface area contributed by atoms with E-state index in [1.54, 1.807) is 10.9 Å². The molecule has 0 bridgehead atoms. The molecule has 1 atom stereocenters. The van der Waals surface area contributed by atoms with Gasteiger partial charge in [0, 0.05) is 6.54 Å². The van der Waals surface area contributed by atoms with Gasteiger partial charge in [-0.15, -0.1) is 5.10 Å². The molecule has 1 N–H and O–H groups in total. The SMILES string of the molecule is CCCC(C)Cn1cc(CO)nn1. The number of hydrogen-bond donors (Lipinski definition) is 1. The van der Waals surface area contributed by atoms with E-state index < -0.39 is 0 Å². The van der Waals surface area contributed by atoms with Crippen LogP contribution in [0.25, 0.3) is 0 Å². The number of nitrogens with zero attached hydrogens (tertiary/aromatic N) is 3. The van der Waals surface area contributed by atoms with Gasteiger partial charge in [0.25, 0.3) is 0 Å². The molecule has 1 rings (SSSR count). The molecule has 0 aromatic carbocycles. The van der Waals surface area contributed by atoms with Crippen LogP contribution >= 0.6 is 0 Å². The van der Waals surface area contributed by atoms with Gasteiger partial charge in [0.1, 0.15) is 5.69 Å². The van der Waals surface area contributed by atoms with Crippen LogP contribution in [0.4, 0.5) is 0 Å². The maximum Gasteiger partial charge on any atom is 0.108 e. The predicted octanol–water partition coefficient (Wildman–Crippen LogP) is 1.21. The highest BCUT2D eigenvalue weighted by Gasteiger charge is 2.04. The van der Waals surface area contributed by atoms with E-state index in [9.17, 15) is 0 Å². The summed E-state index contributed by atoms with van der Waals surface area (Å²) in [6, 6.07) is 0. The van der Waals surface area contributed by atoms with Crippen molar-refractivity contribution in [2.45, 2.75) is 39.8 Å². The molecule has 0 aliphatic heterocycles. The van der Waals surface area contributed by atoms with Crippen molar-refractivity contribution in [3.63, 3.8) is 0 Å². The number of aliphatic hydroxyl groups excluding tert-OH is 1. The van der Waals surface area contributed by atoms with E-state index in [4.69, 9.17) is 5.11 Å². The van der Waals surface area contributed by atoms with E-state index in [1.165, 1.54) is 12.8 Å². The van der Waals surface area contributed by atoms with Crippen molar-refractivity contribution in [3.05, 3.63) is 11.9 Å². The fraction of sp³-hybridized carbons (Fsp3) is 0.778. The van der Waals surface area contributed by atoms with Crippen molar-refractivity contribution >= 4 is 0 Å². The Kier molecular flexibility index (Phi) is 3.89. The molecule has 13 heavy (non-hydrogen) atoms. The Morgan fingerprint density at radius 3 is 2.92 bits per heavy atom. The molecule has 0 saturated carbocycles. The van der Waals surface area contributed by atoms with Crippen molar-refractivity contribution in [1.82, 2.24) is 15.0 Å². The van der Waals surface area contributed by atoms with Gasteiger partial charge in [-0.3, -0.25) is 4.68 Å². The molecule has 1 heterocycles. The third kappa shape index (κ3) is 3.14. The zero-order chi connectivity index (χ0) is 9.68. The second-order valence-corrected chi connectivity index (χ2v) is 3.48. The fourth-order valence-corrected chi connectivity index (χ4v) is 1.40. The van der Waals surface area contributed by atoms with Crippen LogP contribution in [-0.2, 0) is 13.2 Å². The van der Waals surface area contributed by atoms with Gasteiger partial charge in [0.05, 0.1) is 12.8 Å². The summed E-state index contributed by atoms with van der Waals surface area (Å²) < 4.78 is 1.80. The zero-order valence-electron chi connectivity index (χ0n) is 8.27. The van der Waals surface area contributed by atoms with E-state index in [0.29, 0.717) is 11.6 Å². The van der Waals surface area contributed by atoms with Gasteiger partial charge in [-0.05, 0) is 12.3 Å². The van der Waals surface area contributed by atoms with Crippen LogP contribution in [0.2, 0.25) is 0 Å². The lowest BCUT2D eigenvalue weighted by Crippen LogP contribution is -2.07. The number of aliphatic hydroxyl groups is 1. The van der Waals surface area contributed by atoms with E-state index in [2.05, 4.69) is 24.2 Å². The third-order valence-corrected chi connectivity index (χ3v) is 2.03. The summed E-state index contributed by atoms with van der Waals surface area (Å²) in [7, 11) is 0. The molecular formula is C9H17N3O. The molecule has 1 aromatic heterocycles. The van der Waals surface area contributed by atoms with Crippen LogP contribution < -0.4 is 0 Å². The highest BCUT2D eigenvalue weighted by atomic mass is 16.3. The smallest absolute Gasteiger partial charge is 0.108 e. The van der Waals surface area contributed by atoms with Gasteiger partial charge >= 0.3 is 0 Å². The molecule has 4 nitrogen and oxygen atoms in total. The third-order valence-electron chi connectivity index (χ3n) is 2.03. The molecule has 74 valence electrons. The highest BCUT2D eigenvalue weighted by Crippen LogP contribution is 2.07. The van der Waals surface area contributed by atoms with E-state index in [1.807, 2.05) is 0 Å². The maximum atomic E-state index is 8.77. The standard InChI is InChI=1S/C9H17N3O/c1-3-4-8(2)5-12-6-9(7-13)10-11-12/h6,8,13H,3-5,7H2,1-2H3. The average Bonchev–Trinajstić information content (AvgIpc) is 2.52. The summed E-state index contributed by atoms with van der Waals surface area (Å²) in [6.45, 7) is 5.24. The first-order valence-electron chi connectivity index (χ1n) is 4.76. The van der Waals surface area contributed by atoms with Gasteiger partial charge < -0.3 is 5.11 Å². The van der Waals surface area contributed by atoms with Crippen molar-refractivity contribution < 1.29 is 5.11 Å². The van der Waals surface area contributed by atoms with E-state index >= 15 is 0 Å². The van der Waals surface area contributed by atoms with Gasteiger partial charge in [-0.1, -0.05) is 25.5 Å². The van der Waals surface area contributed by atoms with Crippen LogP contribution in [0.15, 0.2) is 6.20 Å². The Labute approximate surface area is 78.6 Å². The second-order valence-electron chi connectivity index (χ2n) is 3.48. The first-order chi connectivity index (χ1) is 6.26. The number of hydrogen-bond acceptors (Lipinski definition) is 3. The van der Waals surface area contributed by atoms with Crippen LogP contribution in [0, 0.1) is 5.92 Å². The average molecular weight is 183 g/mol. The van der Waals surface area contributed by atoms with Crippen molar-refractivity contribution in [1.29, 1.82) is 0 Å². The van der Waals surface area contributed by atoms with Crippen molar-refractivity contribution in [3.8, 4) is 0 Å². The lowest BCUT2D eigenvalue weighted by Gasteiger charge is -2.08. The zero-order valence-corrected chi connectivity index (χ0v) is 8.27. The summed E-state index contributed by atoms with van der Waals surface area (Å²) in [6.07, 6.45) is 4.20. The molecule has 1 aromatic rings. The summed E-state index contributed by atoms with van der Waals surface area (Å²) in [4.78, 5) is 0. The van der Waals surface area contributed by atoms with Crippen molar-refractivity contribution in [2.24, 2.45) is 5.92 Å². The van der Waals surface area contributed by atoms with Gasteiger partial charge in [0.2, 0.25) is 0 Å². The number of rotatable bonds is 5. The lowest BCUT2D eigenvalue weighted by molar-refractivity contribution is 0.276. The van der Waals surface area contributed by atoms with Crippen LogP contribution in [0.1, 0.15) is 32.4 Å². The molecule has 4 heteroatoms. The van der Waals surface area contributed by atoms with E-state index in [0.717, 1.165) is 6.54 Å². The first kappa shape index (κ1) is 10.2. The van der Waals surface area contributed by atoms with Gasteiger partial charge in [-0.2, -0.15) is 0 Å². The molecule has 0 aliphatic carbocycles. The van der Waals surface area contributed by atoms with E-state index in [-0.39, 0.29) is 6.61 Å². The maximum absolute atomic E-state index is 8.77. The Balaban J connectivity index is 2.44. The minimum atomic E-state index is -0.0256. The fourth-order valence-electron chi connectivity index (χ4n) is 1.40. The summed E-state index contributed by atoms with van der Waals surface area (Å²) in [5.74, 6) is 0.623. The van der Waals surface area contributed by atoms with Crippen LogP contribution in [-0.4, -0.2) is 20.1 Å². The monoisotopic (exact) mass is 183 g/mol. The Hall–Kier alpha value is -0.900. The van der Waals surface area contributed by atoms with Gasteiger partial charge in [-0.25, -0.2) is 0 Å². The predicted molar refractivity (Wildman–Crippen MR) is 50.0 cm³/mol. The Morgan fingerprint density at radius 2 is 2.38 bits per heavy atom. The molecule has 0 amide bonds. The summed E-state index contributed by atoms with van der Waals surface area (Å²) in [5.41, 5.74) is 0.642.